The van der Waals surface area contributed by atoms with Crippen molar-refractivity contribution in [1.29, 1.82) is 0 Å². The molecule has 2 rings (SSSR count). The standard InChI is InChI=1S/C18H22O3S/c1-13-10-14(2)12-16(11-13)18(4,19)15(3)22(20,21)17-8-6-5-7-9-17/h5-12,15,19H,1-4H3. The smallest absolute Gasteiger partial charge is 0.184 e. The maximum absolute atomic E-state index is 12.8. The van der Waals surface area contributed by atoms with Gasteiger partial charge in [-0.1, -0.05) is 47.5 Å². The number of aryl methyl sites for hydroxylation is 2. The van der Waals surface area contributed by atoms with Crippen LogP contribution in [0, 0.1) is 13.8 Å². The Bertz CT molecular complexity index is 742. The van der Waals surface area contributed by atoms with Crippen molar-refractivity contribution in [3.05, 3.63) is 65.2 Å². The molecule has 0 aliphatic rings. The van der Waals surface area contributed by atoms with Crippen molar-refractivity contribution in [2.45, 2.75) is 43.4 Å². The summed E-state index contributed by atoms with van der Waals surface area (Å²) in [4.78, 5) is 0.229. The van der Waals surface area contributed by atoms with Gasteiger partial charge in [0, 0.05) is 0 Å². The van der Waals surface area contributed by atoms with Crippen LogP contribution in [-0.2, 0) is 15.4 Å². The molecule has 0 heterocycles. The molecule has 0 aliphatic carbocycles. The maximum Gasteiger partial charge on any atom is 0.184 e. The zero-order chi connectivity index (χ0) is 16.5. The molecule has 2 aromatic carbocycles. The first-order valence-corrected chi connectivity index (χ1v) is 8.80. The average molecular weight is 318 g/mol. The van der Waals surface area contributed by atoms with E-state index < -0.39 is 20.7 Å². The highest BCUT2D eigenvalue weighted by atomic mass is 32.2. The molecular formula is C18H22O3S. The second kappa shape index (κ2) is 5.86. The lowest BCUT2D eigenvalue weighted by Gasteiger charge is -2.31. The maximum atomic E-state index is 12.8. The van der Waals surface area contributed by atoms with Gasteiger partial charge in [0.1, 0.15) is 5.60 Å². The summed E-state index contributed by atoms with van der Waals surface area (Å²) in [5.41, 5.74) is 1.15. The molecular weight excluding hydrogens is 296 g/mol. The molecule has 2 aromatic rings. The Morgan fingerprint density at radius 2 is 1.50 bits per heavy atom. The van der Waals surface area contributed by atoms with Crippen LogP contribution >= 0.6 is 0 Å². The largest absolute Gasteiger partial charge is 0.384 e. The second-order valence-corrected chi connectivity index (χ2v) is 8.29. The van der Waals surface area contributed by atoms with E-state index in [1.807, 2.05) is 32.0 Å². The molecule has 0 radical (unpaired) electrons. The van der Waals surface area contributed by atoms with Gasteiger partial charge < -0.3 is 5.11 Å². The predicted molar refractivity (Wildman–Crippen MR) is 88.6 cm³/mol. The normalized spacial score (nSPS) is 16.0. The summed E-state index contributed by atoms with van der Waals surface area (Å²) >= 11 is 0. The third-order valence-electron chi connectivity index (χ3n) is 4.13. The van der Waals surface area contributed by atoms with E-state index in [9.17, 15) is 13.5 Å². The highest BCUT2D eigenvalue weighted by molar-refractivity contribution is 7.92. The fourth-order valence-electron chi connectivity index (χ4n) is 2.62. The highest BCUT2D eigenvalue weighted by Crippen LogP contribution is 2.33. The highest BCUT2D eigenvalue weighted by Gasteiger charge is 2.40. The molecule has 0 amide bonds. The van der Waals surface area contributed by atoms with Crippen LogP contribution in [-0.4, -0.2) is 18.8 Å². The summed E-state index contributed by atoms with van der Waals surface area (Å²) < 4.78 is 25.5. The molecule has 0 bridgehead atoms. The molecule has 0 aromatic heterocycles. The van der Waals surface area contributed by atoms with Gasteiger partial charge in [-0.15, -0.1) is 0 Å². The zero-order valence-electron chi connectivity index (χ0n) is 13.4. The van der Waals surface area contributed by atoms with Crippen LogP contribution in [0.15, 0.2) is 53.4 Å². The summed E-state index contributed by atoms with van der Waals surface area (Å²) in [6, 6.07) is 13.9. The molecule has 0 saturated heterocycles. The Kier molecular flexibility index (Phi) is 4.45. The molecule has 22 heavy (non-hydrogen) atoms. The Morgan fingerprint density at radius 1 is 1.00 bits per heavy atom. The minimum atomic E-state index is -3.62. The lowest BCUT2D eigenvalue weighted by atomic mass is 9.90. The van der Waals surface area contributed by atoms with E-state index in [0.717, 1.165) is 11.1 Å². The van der Waals surface area contributed by atoms with Gasteiger partial charge in [0.25, 0.3) is 0 Å². The van der Waals surface area contributed by atoms with Crippen LogP contribution in [0.25, 0.3) is 0 Å². The van der Waals surface area contributed by atoms with E-state index in [2.05, 4.69) is 0 Å². The summed E-state index contributed by atoms with van der Waals surface area (Å²) in [6.07, 6.45) is 0. The minimum absolute atomic E-state index is 0.229. The van der Waals surface area contributed by atoms with Gasteiger partial charge in [-0.2, -0.15) is 0 Å². The Balaban J connectivity index is 2.49. The topological polar surface area (TPSA) is 54.4 Å². The predicted octanol–water partition coefficient (Wildman–Crippen LogP) is 3.37. The van der Waals surface area contributed by atoms with Crippen LogP contribution < -0.4 is 0 Å². The number of sulfone groups is 1. The number of rotatable bonds is 4. The van der Waals surface area contributed by atoms with Gasteiger partial charge in [-0.3, -0.25) is 0 Å². The van der Waals surface area contributed by atoms with Gasteiger partial charge in [-0.25, -0.2) is 8.42 Å². The van der Waals surface area contributed by atoms with Gasteiger partial charge in [-0.05, 0) is 45.4 Å². The first kappa shape index (κ1) is 16.7. The van der Waals surface area contributed by atoms with Crippen LogP contribution in [0.3, 0.4) is 0 Å². The Hall–Kier alpha value is -1.65. The van der Waals surface area contributed by atoms with Crippen LogP contribution in [0.4, 0.5) is 0 Å². The quantitative estimate of drug-likeness (QED) is 0.940. The van der Waals surface area contributed by atoms with E-state index in [-0.39, 0.29) is 4.90 Å². The number of aliphatic hydroxyl groups is 1. The van der Waals surface area contributed by atoms with Gasteiger partial charge in [0.05, 0.1) is 10.1 Å². The van der Waals surface area contributed by atoms with Crippen molar-refractivity contribution in [2.24, 2.45) is 0 Å². The molecule has 0 fully saturated rings. The molecule has 0 aliphatic heterocycles. The first-order valence-electron chi connectivity index (χ1n) is 7.26. The fourth-order valence-corrected chi connectivity index (χ4v) is 4.30. The first-order chi connectivity index (χ1) is 10.2. The molecule has 118 valence electrons. The van der Waals surface area contributed by atoms with Crippen LogP contribution in [0.2, 0.25) is 0 Å². The van der Waals surface area contributed by atoms with Gasteiger partial charge in [0.2, 0.25) is 0 Å². The van der Waals surface area contributed by atoms with Gasteiger partial charge in [0.15, 0.2) is 9.84 Å². The third kappa shape index (κ3) is 3.08. The average Bonchev–Trinajstić information content (AvgIpc) is 2.46. The Labute approximate surface area is 132 Å². The Morgan fingerprint density at radius 3 is 2.00 bits per heavy atom. The molecule has 0 spiro atoms. The zero-order valence-corrected chi connectivity index (χ0v) is 14.2. The number of hydrogen-bond donors (Lipinski definition) is 1. The van der Waals surface area contributed by atoms with E-state index in [1.54, 1.807) is 44.2 Å². The van der Waals surface area contributed by atoms with Crippen molar-refractivity contribution < 1.29 is 13.5 Å². The van der Waals surface area contributed by atoms with E-state index in [0.29, 0.717) is 5.56 Å². The molecule has 4 heteroatoms. The summed E-state index contributed by atoms with van der Waals surface area (Å²) in [7, 11) is -3.62. The molecule has 0 saturated carbocycles. The van der Waals surface area contributed by atoms with Crippen molar-refractivity contribution in [1.82, 2.24) is 0 Å². The number of hydrogen-bond acceptors (Lipinski definition) is 3. The molecule has 1 N–H and O–H groups in total. The van der Waals surface area contributed by atoms with Crippen molar-refractivity contribution in [2.75, 3.05) is 0 Å². The summed E-state index contributed by atoms with van der Waals surface area (Å²) in [6.45, 7) is 6.98. The van der Waals surface area contributed by atoms with E-state index in [1.165, 1.54) is 0 Å². The summed E-state index contributed by atoms with van der Waals surface area (Å²) in [5.74, 6) is 0. The fraction of sp³-hybridized carbons (Fsp3) is 0.333. The molecule has 3 nitrogen and oxygen atoms in total. The molecule has 2 unspecified atom stereocenters. The summed E-state index contributed by atoms with van der Waals surface area (Å²) in [5, 5.41) is 9.97. The number of benzene rings is 2. The monoisotopic (exact) mass is 318 g/mol. The van der Waals surface area contributed by atoms with Crippen molar-refractivity contribution >= 4 is 9.84 Å². The van der Waals surface area contributed by atoms with E-state index >= 15 is 0 Å². The second-order valence-electron chi connectivity index (χ2n) is 6.02. The van der Waals surface area contributed by atoms with E-state index in [4.69, 9.17) is 0 Å². The van der Waals surface area contributed by atoms with Crippen molar-refractivity contribution in [3.8, 4) is 0 Å². The van der Waals surface area contributed by atoms with Crippen LogP contribution in [0.1, 0.15) is 30.5 Å². The van der Waals surface area contributed by atoms with Crippen molar-refractivity contribution in [3.63, 3.8) is 0 Å². The third-order valence-corrected chi connectivity index (χ3v) is 6.45. The minimum Gasteiger partial charge on any atom is -0.384 e. The van der Waals surface area contributed by atoms with Crippen LogP contribution in [0.5, 0.6) is 0 Å². The SMILES string of the molecule is Cc1cc(C)cc(C(C)(O)C(C)S(=O)(=O)c2ccccc2)c1. The lowest BCUT2D eigenvalue weighted by molar-refractivity contribution is 0.0563. The van der Waals surface area contributed by atoms with Gasteiger partial charge >= 0.3 is 0 Å². The lowest BCUT2D eigenvalue weighted by Crippen LogP contribution is -2.40. The molecule has 2 atom stereocenters.